The minimum absolute atomic E-state index is 0.711. The lowest BCUT2D eigenvalue weighted by Gasteiger charge is -2.05. The van der Waals surface area contributed by atoms with Gasteiger partial charge in [-0.2, -0.15) is 0 Å². The molecule has 0 saturated heterocycles. The predicted octanol–water partition coefficient (Wildman–Crippen LogP) is 2.52. The fourth-order valence-electron chi connectivity index (χ4n) is 1.01. The van der Waals surface area contributed by atoms with Crippen LogP contribution in [-0.2, 0) is 6.54 Å². The topological polar surface area (TPSA) is 27.8 Å². The van der Waals surface area contributed by atoms with E-state index in [2.05, 4.69) is 46.1 Å². The molecule has 0 spiro atoms. The lowest BCUT2D eigenvalue weighted by molar-refractivity contribution is 0.549. The highest BCUT2D eigenvalue weighted by molar-refractivity contribution is 9.10. The first-order valence-corrected chi connectivity index (χ1v) is 5.01. The van der Waals surface area contributed by atoms with Crippen LogP contribution in [0, 0.1) is 5.92 Å². The van der Waals surface area contributed by atoms with Crippen LogP contribution in [0.3, 0.4) is 0 Å². The number of H-pyrrole nitrogens is 1. The quantitative estimate of drug-likeness (QED) is 0.818. The molecule has 0 atom stereocenters. The van der Waals surface area contributed by atoms with E-state index in [0.717, 1.165) is 17.6 Å². The highest BCUT2D eigenvalue weighted by Gasteiger charge is 1.96. The van der Waals surface area contributed by atoms with Crippen molar-refractivity contribution in [1.82, 2.24) is 10.3 Å². The zero-order valence-corrected chi connectivity index (χ0v) is 9.11. The fourth-order valence-corrected chi connectivity index (χ4v) is 1.40. The molecule has 0 aliphatic carbocycles. The molecule has 1 aromatic rings. The summed E-state index contributed by atoms with van der Waals surface area (Å²) < 4.78 is 1.11. The molecule has 0 aliphatic heterocycles. The van der Waals surface area contributed by atoms with Crippen molar-refractivity contribution in [3.63, 3.8) is 0 Å². The molecule has 0 aromatic carbocycles. The van der Waals surface area contributed by atoms with Crippen molar-refractivity contribution in [3.05, 3.63) is 22.4 Å². The van der Waals surface area contributed by atoms with Crippen molar-refractivity contribution >= 4 is 15.9 Å². The average Bonchev–Trinajstić information content (AvgIpc) is 2.35. The first-order chi connectivity index (χ1) is 5.68. The molecular formula is C9H15BrN2. The van der Waals surface area contributed by atoms with Gasteiger partial charge in [0.1, 0.15) is 0 Å². The summed E-state index contributed by atoms with van der Waals surface area (Å²) in [6.07, 6.45) is 1.95. The van der Waals surface area contributed by atoms with Crippen LogP contribution in [0.1, 0.15) is 19.5 Å². The van der Waals surface area contributed by atoms with Crippen LogP contribution in [0.5, 0.6) is 0 Å². The van der Waals surface area contributed by atoms with Gasteiger partial charge in [0, 0.05) is 22.9 Å². The van der Waals surface area contributed by atoms with Crippen LogP contribution in [0.4, 0.5) is 0 Å². The molecule has 1 rings (SSSR count). The molecule has 68 valence electrons. The Morgan fingerprint density at radius 2 is 2.33 bits per heavy atom. The Kier molecular flexibility index (Phi) is 3.82. The van der Waals surface area contributed by atoms with Gasteiger partial charge in [-0.25, -0.2) is 0 Å². The van der Waals surface area contributed by atoms with E-state index in [-0.39, 0.29) is 0 Å². The van der Waals surface area contributed by atoms with Crippen molar-refractivity contribution in [3.8, 4) is 0 Å². The lowest BCUT2D eigenvalue weighted by atomic mass is 10.2. The predicted molar refractivity (Wildman–Crippen MR) is 55.0 cm³/mol. The molecule has 12 heavy (non-hydrogen) atoms. The van der Waals surface area contributed by atoms with Gasteiger partial charge in [-0.05, 0) is 34.5 Å². The maximum absolute atomic E-state index is 3.39. The van der Waals surface area contributed by atoms with Crippen LogP contribution >= 0.6 is 15.9 Å². The third-order valence-corrected chi connectivity index (χ3v) is 2.03. The largest absolute Gasteiger partial charge is 0.363 e. The SMILES string of the molecule is CC(C)CNCc1cc(Br)c[nH]1. The van der Waals surface area contributed by atoms with Crippen LogP contribution in [0.15, 0.2) is 16.7 Å². The van der Waals surface area contributed by atoms with E-state index in [9.17, 15) is 0 Å². The van der Waals surface area contributed by atoms with Crippen LogP contribution < -0.4 is 5.32 Å². The highest BCUT2D eigenvalue weighted by atomic mass is 79.9. The molecule has 1 aromatic heterocycles. The Bertz CT molecular complexity index is 230. The number of hydrogen-bond donors (Lipinski definition) is 2. The van der Waals surface area contributed by atoms with Crippen molar-refractivity contribution < 1.29 is 0 Å². The summed E-state index contributed by atoms with van der Waals surface area (Å²) in [5, 5.41) is 3.36. The molecule has 2 N–H and O–H groups in total. The Morgan fingerprint density at radius 1 is 1.58 bits per heavy atom. The average molecular weight is 231 g/mol. The van der Waals surface area contributed by atoms with Gasteiger partial charge in [0.05, 0.1) is 0 Å². The van der Waals surface area contributed by atoms with Gasteiger partial charge in [0.2, 0.25) is 0 Å². The van der Waals surface area contributed by atoms with E-state index in [0.29, 0.717) is 5.92 Å². The maximum Gasteiger partial charge on any atom is 0.0357 e. The van der Waals surface area contributed by atoms with E-state index < -0.39 is 0 Å². The zero-order chi connectivity index (χ0) is 8.97. The molecule has 0 aliphatic rings. The van der Waals surface area contributed by atoms with Crippen molar-refractivity contribution in [2.75, 3.05) is 6.54 Å². The van der Waals surface area contributed by atoms with Gasteiger partial charge in [-0.3, -0.25) is 0 Å². The molecule has 0 amide bonds. The monoisotopic (exact) mass is 230 g/mol. The van der Waals surface area contributed by atoms with Crippen LogP contribution in [-0.4, -0.2) is 11.5 Å². The molecule has 0 fully saturated rings. The number of aromatic amines is 1. The van der Waals surface area contributed by atoms with E-state index in [1.807, 2.05) is 6.20 Å². The maximum atomic E-state index is 3.39. The molecule has 0 saturated carbocycles. The van der Waals surface area contributed by atoms with E-state index >= 15 is 0 Å². The summed E-state index contributed by atoms with van der Waals surface area (Å²) in [5.74, 6) is 0.711. The number of rotatable bonds is 4. The molecule has 1 heterocycles. The number of halogens is 1. The second kappa shape index (κ2) is 4.67. The van der Waals surface area contributed by atoms with Crippen LogP contribution in [0.2, 0.25) is 0 Å². The molecule has 0 bridgehead atoms. The lowest BCUT2D eigenvalue weighted by Crippen LogP contribution is -2.18. The normalized spacial score (nSPS) is 11.0. The summed E-state index contributed by atoms with van der Waals surface area (Å²) in [6.45, 7) is 6.40. The fraction of sp³-hybridized carbons (Fsp3) is 0.556. The Balaban J connectivity index is 2.24. The Labute approximate surface area is 81.9 Å². The van der Waals surface area contributed by atoms with Crippen molar-refractivity contribution in [2.45, 2.75) is 20.4 Å². The summed E-state index contributed by atoms with van der Waals surface area (Å²) in [7, 11) is 0. The number of aromatic nitrogens is 1. The van der Waals surface area contributed by atoms with Crippen molar-refractivity contribution in [1.29, 1.82) is 0 Å². The third-order valence-electron chi connectivity index (χ3n) is 1.58. The van der Waals surface area contributed by atoms with Gasteiger partial charge in [0.15, 0.2) is 0 Å². The molecule has 3 heteroatoms. The minimum atomic E-state index is 0.711. The third kappa shape index (κ3) is 3.41. The first kappa shape index (κ1) is 9.81. The van der Waals surface area contributed by atoms with Gasteiger partial charge >= 0.3 is 0 Å². The van der Waals surface area contributed by atoms with E-state index in [4.69, 9.17) is 0 Å². The summed E-state index contributed by atoms with van der Waals surface area (Å²) in [5.41, 5.74) is 1.22. The second-order valence-electron chi connectivity index (χ2n) is 3.37. The van der Waals surface area contributed by atoms with E-state index in [1.165, 1.54) is 5.69 Å². The Hall–Kier alpha value is -0.280. The minimum Gasteiger partial charge on any atom is -0.363 e. The zero-order valence-electron chi connectivity index (χ0n) is 7.52. The number of nitrogens with one attached hydrogen (secondary N) is 2. The second-order valence-corrected chi connectivity index (χ2v) is 4.28. The number of hydrogen-bond acceptors (Lipinski definition) is 1. The first-order valence-electron chi connectivity index (χ1n) is 4.22. The van der Waals surface area contributed by atoms with Gasteiger partial charge in [0.25, 0.3) is 0 Å². The van der Waals surface area contributed by atoms with Gasteiger partial charge in [-0.1, -0.05) is 13.8 Å². The van der Waals surface area contributed by atoms with Crippen LogP contribution in [0.25, 0.3) is 0 Å². The summed E-state index contributed by atoms with van der Waals surface area (Å²) >= 11 is 3.39. The summed E-state index contributed by atoms with van der Waals surface area (Å²) in [6, 6.07) is 2.09. The molecule has 2 nitrogen and oxygen atoms in total. The smallest absolute Gasteiger partial charge is 0.0357 e. The molecule has 0 radical (unpaired) electrons. The molecular weight excluding hydrogens is 216 g/mol. The highest BCUT2D eigenvalue weighted by Crippen LogP contribution is 2.09. The Morgan fingerprint density at radius 3 is 2.83 bits per heavy atom. The van der Waals surface area contributed by atoms with Gasteiger partial charge < -0.3 is 10.3 Å². The van der Waals surface area contributed by atoms with E-state index in [1.54, 1.807) is 0 Å². The van der Waals surface area contributed by atoms with Gasteiger partial charge in [-0.15, -0.1) is 0 Å². The molecule has 0 unspecified atom stereocenters. The summed E-state index contributed by atoms with van der Waals surface area (Å²) in [4.78, 5) is 3.17. The standard InChI is InChI=1S/C9H15BrN2/c1-7(2)4-11-6-9-3-8(10)5-12-9/h3,5,7,11-12H,4,6H2,1-2H3. The van der Waals surface area contributed by atoms with Crippen molar-refractivity contribution in [2.24, 2.45) is 5.92 Å².